The maximum atomic E-state index is 14.1. The van der Waals surface area contributed by atoms with Gasteiger partial charge in [-0.05, 0) is 49.4 Å². The van der Waals surface area contributed by atoms with Gasteiger partial charge in [0.15, 0.2) is 17.5 Å². The summed E-state index contributed by atoms with van der Waals surface area (Å²) in [7, 11) is 0. The van der Waals surface area contributed by atoms with Crippen LogP contribution < -0.4 is 10.0 Å². The van der Waals surface area contributed by atoms with E-state index in [1.54, 1.807) is 13.0 Å². The molecule has 2 nitrogen and oxygen atoms in total. The van der Waals surface area contributed by atoms with Gasteiger partial charge in [-0.15, -0.1) is 0 Å². The minimum absolute atomic E-state index is 0.0565. The molecule has 3 rings (SSSR count). The number of nitrogens with one attached hydrogen (secondary N) is 2. The van der Waals surface area contributed by atoms with Gasteiger partial charge in [-0.1, -0.05) is 19.9 Å². The summed E-state index contributed by atoms with van der Waals surface area (Å²) in [5.41, 5.74) is -0.0419. The minimum atomic E-state index is -1.33. The summed E-state index contributed by atoms with van der Waals surface area (Å²) in [5, 5.41) is 2.78. The molecule has 7 heteroatoms. The molecule has 0 spiro atoms. The predicted octanol–water partition coefficient (Wildman–Crippen LogP) is 6.54. The van der Waals surface area contributed by atoms with Crippen molar-refractivity contribution in [1.82, 2.24) is 0 Å². The third-order valence-corrected chi connectivity index (χ3v) is 4.53. The quantitative estimate of drug-likeness (QED) is 0.354. The maximum Gasteiger partial charge on any atom is 0.184 e. The van der Waals surface area contributed by atoms with Gasteiger partial charge < -0.3 is 10.0 Å². The summed E-state index contributed by atoms with van der Waals surface area (Å²) in [6.07, 6.45) is 1.97. The molecule has 0 bridgehead atoms. The van der Waals surface area contributed by atoms with E-state index >= 15 is 0 Å². The molecule has 1 aliphatic carbocycles. The molecule has 0 radical (unpaired) electrons. The Morgan fingerprint density at radius 3 is 2.20 bits per heavy atom. The fourth-order valence-corrected chi connectivity index (χ4v) is 2.85. The maximum absolute atomic E-state index is 14.1. The van der Waals surface area contributed by atoms with Gasteiger partial charge in [0.1, 0.15) is 17.2 Å². The summed E-state index contributed by atoms with van der Waals surface area (Å²) < 4.78 is 58.3. The van der Waals surface area contributed by atoms with Gasteiger partial charge >= 0.3 is 0 Å². The Labute approximate surface area is 149 Å². The average molecular weight is 372 g/mol. The van der Waals surface area contributed by atoms with E-state index in [1.807, 2.05) is 13.8 Å². The van der Waals surface area contributed by atoms with Gasteiger partial charge in [0.2, 0.25) is 0 Å². The van der Waals surface area contributed by atoms with Crippen LogP contribution in [-0.2, 0) is 0 Å². The fourth-order valence-electron chi connectivity index (χ4n) is 2.00. The molecule has 2 aromatic rings. The van der Waals surface area contributed by atoms with Crippen molar-refractivity contribution < 1.29 is 17.6 Å². The van der Waals surface area contributed by atoms with Crippen molar-refractivity contribution >= 4 is 29.0 Å². The van der Waals surface area contributed by atoms with Crippen LogP contribution in [0.15, 0.2) is 24.3 Å². The zero-order chi connectivity index (χ0) is 18.6. The molecular formula is C18H20F4N2S. The zero-order valence-electron chi connectivity index (χ0n) is 14.2. The molecule has 0 aromatic heterocycles. The molecule has 1 aliphatic rings. The third kappa shape index (κ3) is 4.81. The molecule has 0 saturated heterocycles. The Kier molecular flexibility index (Phi) is 6.58. The van der Waals surface area contributed by atoms with E-state index in [2.05, 4.69) is 10.0 Å². The van der Waals surface area contributed by atoms with Crippen LogP contribution in [0.1, 0.15) is 32.3 Å². The molecule has 0 amide bonds. The fraction of sp³-hybridized carbons (Fsp3) is 0.333. The van der Waals surface area contributed by atoms with Crippen LogP contribution in [0.4, 0.5) is 34.6 Å². The van der Waals surface area contributed by atoms with Crippen LogP contribution in [0, 0.1) is 30.2 Å². The van der Waals surface area contributed by atoms with E-state index in [1.165, 1.54) is 24.1 Å². The SMILES string of the molecule is CC.Cc1ccc(Nc2c(F)c(F)cc(F)c2NSC2CC2)c(F)c1. The van der Waals surface area contributed by atoms with Gasteiger partial charge in [0, 0.05) is 11.3 Å². The summed E-state index contributed by atoms with van der Waals surface area (Å²) in [6, 6.07) is 4.74. The molecule has 2 N–H and O–H groups in total. The number of anilines is 3. The Hall–Kier alpha value is -1.89. The van der Waals surface area contributed by atoms with Crippen molar-refractivity contribution in [3.63, 3.8) is 0 Å². The van der Waals surface area contributed by atoms with Crippen molar-refractivity contribution in [1.29, 1.82) is 0 Å². The van der Waals surface area contributed by atoms with Crippen LogP contribution in [0.25, 0.3) is 0 Å². The lowest BCUT2D eigenvalue weighted by atomic mass is 10.2. The molecule has 2 aromatic carbocycles. The topological polar surface area (TPSA) is 24.1 Å². The second-order valence-corrected chi connectivity index (χ2v) is 6.54. The first-order chi connectivity index (χ1) is 12.0. The first-order valence-electron chi connectivity index (χ1n) is 8.08. The first kappa shape index (κ1) is 19.4. The first-order valence-corrected chi connectivity index (χ1v) is 8.96. The molecular weight excluding hydrogens is 352 g/mol. The molecule has 136 valence electrons. The van der Waals surface area contributed by atoms with E-state index in [0.29, 0.717) is 16.9 Å². The molecule has 0 aliphatic heterocycles. The number of hydrogen-bond donors (Lipinski definition) is 2. The van der Waals surface area contributed by atoms with Crippen molar-refractivity contribution in [3.05, 3.63) is 53.1 Å². The van der Waals surface area contributed by atoms with Gasteiger partial charge in [-0.2, -0.15) is 0 Å². The highest BCUT2D eigenvalue weighted by Gasteiger charge is 2.25. The second kappa shape index (κ2) is 8.47. The lowest BCUT2D eigenvalue weighted by Gasteiger charge is -2.16. The van der Waals surface area contributed by atoms with Crippen molar-refractivity contribution in [2.75, 3.05) is 10.0 Å². The van der Waals surface area contributed by atoms with Crippen molar-refractivity contribution in [2.45, 2.75) is 38.9 Å². The van der Waals surface area contributed by atoms with Crippen LogP contribution >= 0.6 is 11.9 Å². The van der Waals surface area contributed by atoms with E-state index in [-0.39, 0.29) is 11.4 Å². The number of rotatable bonds is 5. The standard InChI is InChI=1S/C16H14F4N2S.C2H6/c1-8-2-5-13(10(17)6-8)21-16-14(20)11(18)7-12(19)15(16)22-23-9-3-4-9;1-2/h2,5-7,9,21-22H,3-4H2,1H3;1-2H3. The third-order valence-electron chi connectivity index (χ3n) is 3.41. The summed E-state index contributed by atoms with van der Waals surface area (Å²) >= 11 is 1.24. The number of benzene rings is 2. The zero-order valence-corrected chi connectivity index (χ0v) is 15.0. The Morgan fingerprint density at radius 2 is 1.60 bits per heavy atom. The predicted molar refractivity (Wildman–Crippen MR) is 96.3 cm³/mol. The molecule has 25 heavy (non-hydrogen) atoms. The molecule has 1 fully saturated rings. The van der Waals surface area contributed by atoms with Gasteiger partial charge in [-0.25, -0.2) is 17.6 Å². The smallest absolute Gasteiger partial charge is 0.184 e. The van der Waals surface area contributed by atoms with E-state index in [0.717, 1.165) is 12.8 Å². The minimum Gasteiger partial charge on any atom is -0.349 e. The second-order valence-electron chi connectivity index (χ2n) is 5.43. The van der Waals surface area contributed by atoms with Gasteiger partial charge in [0.05, 0.1) is 5.69 Å². The summed E-state index contributed by atoms with van der Waals surface area (Å²) in [6.45, 7) is 5.70. The van der Waals surface area contributed by atoms with Gasteiger partial charge in [0.25, 0.3) is 0 Å². The molecule has 1 saturated carbocycles. The van der Waals surface area contributed by atoms with Crippen LogP contribution in [0.3, 0.4) is 0 Å². The van der Waals surface area contributed by atoms with E-state index < -0.39 is 29.0 Å². The van der Waals surface area contributed by atoms with E-state index in [4.69, 9.17) is 0 Å². The number of hydrogen-bond acceptors (Lipinski definition) is 3. The van der Waals surface area contributed by atoms with E-state index in [9.17, 15) is 17.6 Å². The molecule has 0 unspecified atom stereocenters. The Morgan fingerprint density at radius 1 is 0.920 bits per heavy atom. The lowest BCUT2D eigenvalue weighted by Crippen LogP contribution is -2.05. The average Bonchev–Trinajstić information content (AvgIpc) is 3.40. The molecule has 0 atom stereocenters. The lowest BCUT2D eigenvalue weighted by molar-refractivity contribution is 0.499. The highest BCUT2D eigenvalue weighted by molar-refractivity contribution is 8.01. The highest BCUT2D eigenvalue weighted by Crippen LogP contribution is 2.39. The monoisotopic (exact) mass is 372 g/mol. The normalized spacial score (nSPS) is 13.1. The Bertz CT molecular complexity index is 748. The number of halogens is 4. The Balaban J connectivity index is 0.00000109. The highest BCUT2D eigenvalue weighted by atomic mass is 32.2. The van der Waals surface area contributed by atoms with Crippen LogP contribution in [0.2, 0.25) is 0 Å². The summed E-state index contributed by atoms with van der Waals surface area (Å²) in [4.78, 5) is 0. The largest absolute Gasteiger partial charge is 0.349 e. The van der Waals surface area contributed by atoms with Crippen LogP contribution in [-0.4, -0.2) is 5.25 Å². The van der Waals surface area contributed by atoms with Crippen LogP contribution in [0.5, 0.6) is 0 Å². The van der Waals surface area contributed by atoms with Crippen molar-refractivity contribution in [3.8, 4) is 0 Å². The van der Waals surface area contributed by atoms with Crippen molar-refractivity contribution in [2.24, 2.45) is 0 Å². The number of aryl methyl sites for hydroxylation is 1. The van der Waals surface area contributed by atoms with Gasteiger partial charge in [-0.3, -0.25) is 0 Å². The molecule has 0 heterocycles. The summed E-state index contributed by atoms with van der Waals surface area (Å²) in [5.74, 6) is -4.16.